The summed E-state index contributed by atoms with van der Waals surface area (Å²) in [5.41, 5.74) is -0.357. The number of hydrogen-bond donors (Lipinski definition) is 1. The standard InChI is InChI=1S/C21H29N3O5S2/c1-3-23-10-4-6-16(23)14-22-19(25)18-15(2)20(26)29-21(18)8-11-24(12-9-21)31(27,28)17-7-5-13-30-17/h5,7,13,16H,3-4,6,8-12,14H2,1-2H3,(H,22,25)/t16-/m0/s1. The Morgan fingerprint density at radius 2 is 2.06 bits per heavy atom. The number of esters is 1. The SMILES string of the molecule is CCN1CCC[C@H]1CNC(=O)C1=C(C)C(=O)OC12CCN(S(=O)(=O)c1cccs1)CC2. The quantitative estimate of drug-likeness (QED) is 0.641. The summed E-state index contributed by atoms with van der Waals surface area (Å²) >= 11 is 1.18. The summed E-state index contributed by atoms with van der Waals surface area (Å²) < 4.78 is 33.1. The number of likely N-dealkylation sites (tertiary alicyclic amines) is 1. The van der Waals surface area contributed by atoms with E-state index in [0.717, 1.165) is 25.9 Å². The number of rotatable bonds is 6. The highest BCUT2D eigenvalue weighted by atomic mass is 32.2. The van der Waals surface area contributed by atoms with Crippen LogP contribution in [0, 0.1) is 0 Å². The lowest BCUT2D eigenvalue weighted by Crippen LogP contribution is -2.50. The Labute approximate surface area is 187 Å². The zero-order chi connectivity index (χ0) is 22.2. The molecule has 3 aliphatic rings. The van der Waals surface area contributed by atoms with Crippen LogP contribution in [0.3, 0.4) is 0 Å². The zero-order valence-electron chi connectivity index (χ0n) is 17.9. The molecular weight excluding hydrogens is 438 g/mol. The number of carbonyl (C=O) groups is 2. The van der Waals surface area contributed by atoms with E-state index in [1.807, 2.05) is 0 Å². The minimum atomic E-state index is -3.57. The van der Waals surface area contributed by atoms with Crippen LogP contribution in [0.4, 0.5) is 0 Å². The number of hydrogen-bond acceptors (Lipinski definition) is 7. The summed E-state index contributed by atoms with van der Waals surface area (Å²) in [6, 6.07) is 3.60. The van der Waals surface area contributed by atoms with Gasteiger partial charge in [-0.15, -0.1) is 11.3 Å². The van der Waals surface area contributed by atoms with Gasteiger partial charge < -0.3 is 10.1 Å². The van der Waals surface area contributed by atoms with E-state index in [2.05, 4.69) is 17.1 Å². The van der Waals surface area contributed by atoms with E-state index < -0.39 is 21.6 Å². The lowest BCUT2D eigenvalue weighted by molar-refractivity contribution is -0.150. The fourth-order valence-electron chi connectivity index (χ4n) is 4.94. The maximum atomic E-state index is 13.1. The normalized spacial score (nSPS) is 24.7. The zero-order valence-corrected chi connectivity index (χ0v) is 19.6. The van der Waals surface area contributed by atoms with Crippen molar-refractivity contribution >= 4 is 33.2 Å². The van der Waals surface area contributed by atoms with E-state index in [1.54, 1.807) is 24.4 Å². The van der Waals surface area contributed by atoms with Crippen molar-refractivity contribution in [2.45, 2.75) is 55.4 Å². The molecule has 1 aromatic heterocycles. The highest BCUT2D eigenvalue weighted by molar-refractivity contribution is 7.91. The fourth-order valence-corrected chi connectivity index (χ4v) is 7.53. The molecule has 1 N–H and O–H groups in total. The summed E-state index contributed by atoms with van der Waals surface area (Å²) in [5, 5.41) is 4.75. The topological polar surface area (TPSA) is 96.0 Å². The molecule has 2 saturated heterocycles. The summed E-state index contributed by atoms with van der Waals surface area (Å²) in [7, 11) is -3.57. The first-order chi connectivity index (χ1) is 14.8. The minimum Gasteiger partial charge on any atom is -0.450 e. The largest absolute Gasteiger partial charge is 0.450 e. The maximum Gasteiger partial charge on any atom is 0.335 e. The van der Waals surface area contributed by atoms with Crippen molar-refractivity contribution in [3.63, 3.8) is 0 Å². The maximum absolute atomic E-state index is 13.1. The third kappa shape index (κ3) is 4.06. The first-order valence-corrected chi connectivity index (χ1v) is 13.1. The summed E-state index contributed by atoms with van der Waals surface area (Å²) in [6.07, 6.45) is 2.71. The summed E-state index contributed by atoms with van der Waals surface area (Å²) in [4.78, 5) is 27.9. The number of likely N-dealkylation sites (N-methyl/N-ethyl adjacent to an activating group) is 1. The van der Waals surface area contributed by atoms with Gasteiger partial charge in [-0.05, 0) is 44.3 Å². The van der Waals surface area contributed by atoms with Gasteiger partial charge in [-0.1, -0.05) is 13.0 Å². The Kier molecular flexibility index (Phi) is 6.26. The molecule has 31 heavy (non-hydrogen) atoms. The van der Waals surface area contributed by atoms with E-state index in [-0.39, 0.29) is 31.8 Å². The van der Waals surface area contributed by atoms with Gasteiger partial charge in [-0.2, -0.15) is 4.31 Å². The van der Waals surface area contributed by atoms with Crippen LogP contribution >= 0.6 is 11.3 Å². The van der Waals surface area contributed by atoms with Crippen LogP contribution in [-0.4, -0.2) is 73.9 Å². The van der Waals surface area contributed by atoms with Crippen molar-refractivity contribution < 1.29 is 22.7 Å². The van der Waals surface area contributed by atoms with Crippen LogP contribution in [0.5, 0.6) is 0 Å². The van der Waals surface area contributed by atoms with Crippen LogP contribution in [-0.2, 0) is 24.3 Å². The van der Waals surface area contributed by atoms with Gasteiger partial charge in [0.15, 0.2) is 0 Å². The average Bonchev–Trinajstić information content (AvgIpc) is 3.48. The van der Waals surface area contributed by atoms with Gasteiger partial charge in [0, 0.05) is 44.1 Å². The summed E-state index contributed by atoms with van der Waals surface area (Å²) in [5.74, 6) is -0.767. The molecule has 2 fully saturated rings. The Morgan fingerprint density at radius 1 is 1.32 bits per heavy atom. The Hall–Kier alpha value is -1.75. The fraction of sp³-hybridized carbons (Fsp3) is 0.619. The molecule has 1 spiro atoms. The molecule has 0 unspecified atom stereocenters. The van der Waals surface area contributed by atoms with Crippen LogP contribution < -0.4 is 5.32 Å². The van der Waals surface area contributed by atoms with Crippen molar-refractivity contribution in [2.24, 2.45) is 0 Å². The van der Waals surface area contributed by atoms with Crippen molar-refractivity contribution in [3.05, 3.63) is 28.7 Å². The predicted molar refractivity (Wildman–Crippen MR) is 117 cm³/mol. The van der Waals surface area contributed by atoms with E-state index in [1.165, 1.54) is 15.6 Å². The van der Waals surface area contributed by atoms with Crippen molar-refractivity contribution in [1.82, 2.24) is 14.5 Å². The van der Waals surface area contributed by atoms with E-state index in [9.17, 15) is 18.0 Å². The number of sulfonamides is 1. The molecule has 170 valence electrons. The molecule has 0 radical (unpaired) electrons. The number of thiophene rings is 1. The molecular formula is C21H29N3O5S2. The highest BCUT2D eigenvalue weighted by Gasteiger charge is 2.52. The molecule has 10 heteroatoms. The monoisotopic (exact) mass is 467 g/mol. The Bertz CT molecular complexity index is 979. The molecule has 1 amide bonds. The van der Waals surface area contributed by atoms with Gasteiger partial charge in [0.2, 0.25) is 0 Å². The Morgan fingerprint density at radius 3 is 2.71 bits per heavy atom. The van der Waals surface area contributed by atoms with Crippen LogP contribution in [0.2, 0.25) is 0 Å². The van der Waals surface area contributed by atoms with E-state index >= 15 is 0 Å². The smallest absolute Gasteiger partial charge is 0.335 e. The minimum absolute atomic E-state index is 0.198. The number of nitrogens with zero attached hydrogens (tertiary/aromatic N) is 2. The first-order valence-electron chi connectivity index (χ1n) is 10.8. The lowest BCUT2D eigenvalue weighted by Gasteiger charge is -2.38. The molecule has 3 aliphatic heterocycles. The molecule has 1 atom stereocenters. The second-order valence-electron chi connectivity index (χ2n) is 8.35. The molecule has 0 aliphatic carbocycles. The van der Waals surface area contributed by atoms with Crippen LogP contribution in [0.25, 0.3) is 0 Å². The van der Waals surface area contributed by atoms with Crippen molar-refractivity contribution in [1.29, 1.82) is 0 Å². The molecule has 0 bridgehead atoms. The molecule has 8 nitrogen and oxygen atoms in total. The molecule has 4 rings (SSSR count). The third-order valence-corrected chi connectivity index (χ3v) is 9.95. The second kappa shape index (κ2) is 8.65. The van der Waals surface area contributed by atoms with Gasteiger partial charge >= 0.3 is 5.97 Å². The van der Waals surface area contributed by atoms with Crippen molar-refractivity contribution in [3.8, 4) is 0 Å². The highest BCUT2D eigenvalue weighted by Crippen LogP contribution is 2.42. The second-order valence-corrected chi connectivity index (χ2v) is 11.5. The number of nitrogens with one attached hydrogen (secondary N) is 1. The van der Waals surface area contributed by atoms with Gasteiger partial charge in [-0.25, -0.2) is 13.2 Å². The molecule has 0 saturated carbocycles. The number of piperidine rings is 1. The molecule has 1 aromatic rings. The molecule has 4 heterocycles. The van der Waals surface area contributed by atoms with Crippen molar-refractivity contribution in [2.75, 3.05) is 32.7 Å². The third-order valence-electron chi connectivity index (χ3n) is 6.67. The molecule has 0 aromatic carbocycles. The van der Waals surface area contributed by atoms with Gasteiger partial charge in [0.05, 0.1) is 5.57 Å². The van der Waals surface area contributed by atoms with E-state index in [0.29, 0.717) is 27.9 Å². The first kappa shape index (κ1) is 22.4. The Balaban J connectivity index is 1.47. The van der Waals surface area contributed by atoms with E-state index in [4.69, 9.17) is 4.74 Å². The average molecular weight is 468 g/mol. The van der Waals surface area contributed by atoms with Gasteiger partial charge in [0.25, 0.3) is 15.9 Å². The lowest BCUT2D eigenvalue weighted by atomic mass is 9.83. The summed E-state index contributed by atoms with van der Waals surface area (Å²) in [6.45, 7) is 6.65. The predicted octanol–water partition coefficient (Wildman–Crippen LogP) is 1.75. The van der Waals surface area contributed by atoms with Crippen LogP contribution in [0.1, 0.15) is 39.5 Å². The van der Waals surface area contributed by atoms with Gasteiger partial charge in [0.1, 0.15) is 9.81 Å². The van der Waals surface area contributed by atoms with Crippen LogP contribution in [0.15, 0.2) is 32.9 Å². The van der Waals surface area contributed by atoms with Gasteiger partial charge in [-0.3, -0.25) is 9.69 Å². The number of ether oxygens (including phenoxy) is 1. The number of carbonyl (C=O) groups excluding carboxylic acids is 2. The number of amides is 1.